The molecule has 68 valence electrons. The molecule has 0 aromatic rings. The summed E-state index contributed by atoms with van der Waals surface area (Å²) in [5.74, 6) is 1.09. The minimum Gasteiger partial charge on any atom is -0.295 e. The second-order valence-corrected chi connectivity index (χ2v) is 4.05. The number of rotatable bonds is 3. The second kappa shape index (κ2) is 4.44. The number of allylic oxidation sites excluding steroid dienone is 2. The van der Waals surface area contributed by atoms with Crippen molar-refractivity contribution in [2.24, 2.45) is 5.92 Å². The zero-order chi connectivity index (χ0) is 8.97. The van der Waals surface area contributed by atoms with Gasteiger partial charge in [0.05, 0.1) is 0 Å². The number of hydrogen-bond acceptors (Lipinski definition) is 1. The summed E-state index contributed by atoms with van der Waals surface area (Å²) in [4.78, 5) is 11.0. The first-order valence-electron chi connectivity index (χ1n) is 4.91. The Bertz CT molecular complexity index is 189. The highest BCUT2D eigenvalue weighted by Gasteiger charge is 2.09. The lowest BCUT2D eigenvalue weighted by molar-refractivity contribution is -0.115. The van der Waals surface area contributed by atoms with Gasteiger partial charge in [-0.25, -0.2) is 0 Å². The summed E-state index contributed by atoms with van der Waals surface area (Å²) in [6.45, 7) is 4.45. The minimum atomic E-state index is 0.333. The molecule has 0 fully saturated rings. The zero-order valence-corrected chi connectivity index (χ0v) is 8.10. The molecule has 1 heteroatoms. The van der Waals surface area contributed by atoms with E-state index in [4.69, 9.17) is 0 Å². The Balaban J connectivity index is 2.36. The molecule has 1 aliphatic carbocycles. The summed E-state index contributed by atoms with van der Waals surface area (Å²) in [5, 5.41) is 0. The topological polar surface area (TPSA) is 17.1 Å². The fourth-order valence-electron chi connectivity index (χ4n) is 1.53. The highest BCUT2D eigenvalue weighted by atomic mass is 16.1. The summed E-state index contributed by atoms with van der Waals surface area (Å²) < 4.78 is 0. The van der Waals surface area contributed by atoms with Crippen LogP contribution in [-0.2, 0) is 4.79 Å². The Kier molecular flexibility index (Phi) is 3.51. The normalized spacial score (nSPS) is 18.2. The molecule has 0 unspecified atom stereocenters. The van der Waals surface area contributed by atoms with E-state index in [1.807, 2.05) is 6.08 Å². The van der Waals surface area contributed by atoms with Gasteiger partial charge < -0.3 is 0 Å². The maximum atomic E-state index is 11.0. The number of ketones is 1. The Hall–Kier alpha value is -0.590. The molecular weight excluding hydrogens is 148 g/mol. The van der Waals surface area contributed by atoms with Crippen molar-refractivity contribution in [2.75, 3.05) is 0 Å². The lowest BCUT2D eigenvalue weighted by Crippen LogP contribution is -2.03. The molecule has 0 spiro atoms. The van der Waals surface area contributed by atoms with Crippen molar-refractivity contribution < 1.29 is 4.79 Å². The third-order valence-electron chi connectivity index (χ3n) is 2.33. The second-order valence-electron chi connectivity index (χ2n) is 4.05. The molecule has 0 atom stereocenters. The number of carbonyl (C=O) groups is 1. The summed E-state index contributed by atoms with van der Waals surface area (Å²) in [7, 11) is 0. The molecule has 0 heterocycles. The average molecular weight is 166 g/mol. The first-order chi connectivity index (χ1) is 5.68. The van der Waals surface area contributed by atoms with Crippen LogP contribution in [0.1, 0.15) is 46.0 Å². The van der Waals surface area contributed by atoms with Crippen molar-refractivity contribution in [1.82, 2.24) is 0 Å². The molecule has 1 nitrogen and oxygen atoms in total. The van der Waals surface area contributed by atoms with E-state index in [-0.39, 0.29) is 0 Å². The summed E-state index contributed by atoms with van der Waals surface area (Å²) >= 11 is 0. The Morgan fingerprint density at radius 1 is 1.42 bits per heavy atom. The molecular formula is C11H18O. The van der Waals surface area contributed by atoms with Crippen molar-refractivity contribution in [2.45, 2.75) is 46.0 Å². The van der Waals surface area contributed by atoms with Crippen LogP contribution in [0.2, 0.25) is 0 Å². The van der Waals surface area contributed by atoms with Gasteiger partial charge in [0.2, 0.25) is 0 Å². The minimum absolute atomic E-state index is 0.333. The fourth-order valence-corrected chi connectivity index (χ4v) is 1.53. The van der Waals surface area contributed by atoms with Gasteiger partial charge in [0.15, 0.2) is 5.78 Å². The summed E-state index contributed by atoms with van der Waals surface area (Å²) in [5.41, 5.74) is 1.37. The predicted octanol–water partition coefficient (Wildman–Crippen LogP) is 3.10. The van der Waals surface area contributed by atoms with Gasteiger partial charge in [-0.3, -0.25) is 4.79 Å². The molecule has 0 bridgehead atoms. The van der Waals surface area contributed by atoms with E-state index in [9.17, 15) is 4.79 Å². The molecule has 12 heavy (non-hydrogen) atoms. The first-order valence-corrected chi connectivity index (χ1v) is 4.91. The zero-order valence-electron chi connectivity index (χ0n) is 8.10. The van der Waals surface area contributed by atoms with Crippen molar-refractivity contribution in [1.29, 1.82) is 0 Å². The predicted molar refractivity (Wildman–Crippen MR) is 51.0 cm³/mol. The van der Waals surface area contributed by atoms with Gasteiger partial charge in [-0.15, -0.1) is 0 Å². The third-order valence-corrected chi connectivity index (χ3v) is 2.33. The molecule has 0 N–H and O–H groups in total. The van der Waals surface area contributed by atoms with Crippen LogP contribution in [0.4, 0.5) is 0 Å². The van der Waals surface area contributed by atoms with Crippen LogP contribution in [0.5, 0.6) is 0 Å². The van der Waals surface area contributed by atoms with Crippen LogP contribution in [-0.4, -0.2) is 5.78 Å². The summed E-state index contributed by atoms with van der Waals surface area (Å²) in [6, 6.07) is 0. The van der Waals surface area contributed by atoms with Crippen molar-refractivity contribution in [3.8, 4) is 0 Å². The lowest BCUT2D eigenvalue weighted by Gasteiger charge is -2.12. The molecule has 0 aliphatic heterocycles. The van der Waals surface area contributed by atoms with E-state index in [1.165, 1.54) is 12.0 Å². The molecule has 0 saturated carbocycles. The monoisotopic (exact) mass is 166 g/mol. The first kappa shape index (κ1) is 9.50. The smallest absolute Gasteiger partial charge is 0.155 e. The summed E-state index contributed by atoms with van der Waals surface area (Å²) in [6.07, 6.45) is 7.21. The van der Waals surface area contributed by atoms with Gasteiger partial charge in [0.25, 0.3) is 0 Å². The molecule has 1 rings (SSSR count). The van der Waals surface area contributed by atoms with E-state index in [0.717, 1.165) is 31.6 Å². The molecule has 0 aromatic heterocycles. The van der Waals surface area contributed by atoms with Crippen LogP contribution in [0.25, 0.3) is 0 Å². The Labute approximate surface area is 74.9 Å². The van der Waals surface area contributed by atoms with Crippen LogP contribution >= 0.6 is 0 Å². The van der Waals surface area contributed by atoms with E-state index in [1.54, 1.807) is 0 Å². The van der Waals surface area contributed by atoms with Gasteiger partial charge in [-0.05, 0) is 37.7 Å². The quantitative estimate of drug-likeness (QED) is 0.629. The molecule has 0 saturated heterocycles. The molecule has 0 radical (unpaired) electrons. The van der Waals surface area contributed by atoms with Gasteiger partial charge >= 0.3 is 0 Å². The van der Waals surface area contributed by atoms with Gasteiger partial charge in [-0.2, -0.15) is 0 Å². The third kappa shape index (κ3) is 3.21. The average Bonchev–Trinajstić information content (AvgIpc) is 2.01. The number of hydrogen-bond donors (Lipinski definition) is 0. The van der Waals surface area contributed by atoms with E-state index in [0.29, 0.717) is 5.78 Å². The molecule has 0 amide bonds. The van der Waals surface area contributed by atoms with E-state index >= 15 is 0 Å². The Morgan fingerprint density at radius 3 is 2.75 bits per heavy atom. The van der Waals surface area contributed by atoms with Crippen molar-refractivity contribution in [3.63, 3.8) is 0 Å². The van der Waals surface area contributed by atoms with Gasteiger partial charge in [-0.1, -0.05) is 19.4 Å². The van der Waals surface area contributed by atoms with Crippen LogP contribution in [0, 0.1) is 5.92 Å². The number of carbonyl (C=O) groups excluding carboxylic acids is 1. The highest BCUT2D eigenvalue weighted by molar-refractivity contribution is 5.91. The molecule has 1 aliphatic rings. The molecule has 0 aromatic carbocycles. The fraction of sp³-hybridized carbons (Fsp3) is 0.727. The van der Waals surface area contributed by atoms with E-state index in [2.05, 4.69) is 13.8 Å². The van der Waals surface area contributed by atoms with Gasteiger partial charge in [0.1, 0.15) is 0 Å². The van der Waals surface area contributed by atoms with Crippen LogP contribution in [0.15, 0.2) is 11.6 Å². The van der Waals surface area contributed by atoms with Crippen LogP contribution < -0.4 is 0 Å². The van der Waals surface area contributed by atoms with Crippen LogP contribution in [0.3, 0.4) is 0 Å². The standard InChI is InChI=1S/C11H18O/c1-9(2)6-7-10-4-3-5-11(12)8-10/h8-9H,3-7H2,1-2H3. The largest absolute Gasteiger partial charge is 0.295 e. The van der Waals surface area contributed by atoms with E-state index < -0.39 is 0 Å². The Morgan fingerprint density at radius 2 is 2.17 bits per heavy atom. The maximum absolute atomic E-state index is 11.0. The van der Waals surface area contributed by atoms with Crippen molar-refractivity contribution >= 4 is 5.78 Å². The SMILES string of the molecule is CC(C)CCC1=CC(=O)CCC1. The lowest BCUT2D eigenvalue weighted by atomic mass is 9.93. The maximum Gasteiger partial charge on any atom is 0.155 e. The van der Waals surface area contributed by atoms with Gasteiger partial charge in [0, 0.05) is 6.42 Å². The van der Waals surface area contributed by atoms with Crippen molar-refractivity contribution in [3.05, 3.63) is 11.6 Å². The highest BCUT2D eigenvalue weighted by Crippen LogP contribution is 2.21.